The molecule has 0 atom stereocenters. The number of aromatic amines is 2. The summed E-state index contributed by atoms with van der Waals surface area (Å²) in [7, 11) is 1.46. The monoisotopic (exact) mass is 658 g/mol. The minimum Gasteiger partial charge on any atom is -0.368 e. The van der Waals surface area contributed by atoms with Crippen LogP contribution in [0.2, 0.25) is 0 Å². The number of hydrogen-bond donors (Lipinski definition) is 6. The van der Waals surface area contributed by atoms with Crippen molar-refractivity contribution in [2.24, 2.45) is 40.9 Å². The highest BCUT2D eigenvalue weighted by molar-refractivity contribution is 5.43. The van der Waals surface area contributed by atoms with Gasteiger partial charge in [-0.1, -0.05) is 0 Å². The van der Waals surface area contributed by atoms with Gasteiger partial charge in [-0.15, -0.1) is 81.6 Å². The van der Waals surface area contributed by atoms with Gasteiger partial charge >= 0.3 is 0 Å². The van der Waals surface area contributed by atoms with E-state index in [0.29, 0.717) is 6.54 Å². The summed E-state index contributed by atoms with van der Waals surface area (Å²) >= 11 is 0. The molecule has 6 aromatic heterocycles. The zero-order chi connectivity index (χ0) is 33.3. The molecule has 0 amide bonds. The Bertz CT molecular complexity index is 2070. The highest BCUT2D eigenvalue weighted by Gasteiger charge is 2.15. The average molecular weight is 659 g/mol. The van der Waals surface area contributed by atoms with E-state index in [1.807, 2.05) is 6.92 Å². The zero-order valence-electron chi connectivity index (χ0n) is 24.2. The maximum absolute atomic E-state index is 5.88. The third-order valence-corrected chi connectivity index (χ3v) is 4.90. The molecule has 0 aliphatic rings. The van der Waals surface area contributed by atoms with E-state index in [2.05, 4.69) is 143 Å². The lowest BCUT2D eigenvalue weighted by Crippen LogP contribution is -2.11. The topological polar surface area (TPSA) is 423 Å². The highest BCUT2D eigenvalue weighted by Crippen LogP contribution is 2.15. The summed E-state index contributed by atoms with van der Waals surface area (Å²) in [6.07, 6.45) is 0. The lowest BCUT2D eigenvalue weighted by molar-refractivity contribution is 0.736. The molecular weight excluding hydrogens is 640 g/mol. The minimum absolute atomic E-state index is 0.00273. The molecule has 0 aromatic carbocycles. The van der Waals surface area contributed by atoms with Crippen molar-refractivity contribution in [3.05, 3.63) is 0 Å². The van der Waals surface area contributed by atoms with Crippen molar-refractivity contribution >= 4 is 59.5 Å². The van der Waals surface area contributed by atoms with E-state index >= 15 is 0 Å². The number of nitrogens with two attached hydrogens (primary N) is 2. The molecule has 32 nitrogen and oxygen atoms in total. The quantitative estimate of drug-likeness (QED) is 0.0854. The van der Waals surface area contributed by atoms with Crippen LogP contribution in [0.25, 0.3) is 11.9 Å². The number of azo groups is 4. The Hall–Kier alpha value is -7.96. The fraction of sp³-hybridized carbons (Fsp3) is 0.250. The number of aromatic nitrogens is 20. The van der Waals surface area contributed by atoms with Crippen LogP contribution in [0.5, 0.6) is 0 Å². The van der Waals surface area contributed by atoms with Crippen LogP contribution in [0.1, 0.15) is 6.92 Å². The number of rotatable bonds is 13. The van der Waals surface area contributed by atoms with Crippen LogP contribution in [0.3, 0.4) is 0 Å². The molecule has 0 aliphatic carbocycles. The van der Waals surface area contributed by atoms with Gasteiger partial charge < -0.3 is 11.5 Å². The molecule has 6 heterocycles. The lowest BCUT2D eigenvalue weighted by Gasteiger charge is -2.00. The van der Waals surface area contributed by atoms with Gasteiger partial charge in [0.25, 0.3) is 59.5 Å². The second-order valence-electron chi connectivity index (χ2n) is 8.11. The summed E-state index contributed by atoms with van der Waals surface area (Å²) in [5.41, 5.74) is 11.7. The second-order valence-corrected chi connectivity index (χ2v) is 8.11. The molecule has 0 aliphatic heterocycles. The van der Waals surface area contributed by atoms with E-state index in [1.165, 1.54) is 7.05 Å². The maximum atomic E-state index is 5.88. The number of hydrogen-bond acceptors (Lipinski definition) is 28. The number of nitrogens with one attached hydrogen (secondary N) is 4. The molecule has 0 saturated carbocycles. The number of anilines is 6. The van der Waals surface area contributed by atoms with Crippen molar-refractivity contribution < 1.29 is 0 Å². The highest BCUT2D eigenvalue weighted by atomic mass is 15.5. The molecule has 0 spiro atoms. The van der Waals surface area contributed by atoms with Gasteiger partial charge in [0.05, 0.1) is 6.54 Å². The fourth-order valence-electron chi connectivity index (χ4n) is 3.08. The normalized spacial score (nSPS) is 12.0. The third-order valence-electron chi connectivity index (χ3n) is 4.90. The van der Waals surface area contributed by atoms with Gasteiger partial charge in [-0.3, -0.25) is 10.6 Å². The molecule has 6 aromatic rings. The Balaban J connectivity index is 0.992. The van der Waals surface area contributed by atoms with Crippen LogP contribution in [-0.4, -0.2) is 121 Å². The Labute approximate surface area is 262 Å². The van der Waals surface area contributed by atoms with E-state index in [4.69, 9.17) is 11.5 Å². The van der Waals surface area contributed by atoms with Crippen molar-refractivity contribution in [1.29, 1.82) is 0 Å². The molecular formula is C16H18N32. The first-order valence-electron chi connectivity index (χ1n) is 12.9. The molecule has 0 radical (unpaired) electrons. The summed E-state index contributed by atoms with van der Waals surface area (Å²) in [6, 6.07) is 0. The van der Waals surface area contributed by atoms with Crippen LogP contribution in [0, 0.1) is 0 Å². The summed E-state index contributed by atoms with van der Waals surface area (Å²) in [4.78, 5) is 16.0. The fourth-order valence-corrected chi connectivity index (χ4v) is 3.08. The summed E-state index contributed by atoms with van der Waals surface area (Å²) in [5, 5.41) is 87.6. The van der Waals surface area contributed by atoms with Gasteiger partial charge in [0.15, 0.2) is 6.67 Å². The van der Waals surface area contributed by atoms with Gasteiger partial charge in [0.2, 0.25) is 11.9 Å². The Morgan fingerprint density at radius 3 is 1.58 bits per heavy atom. The molecule has 8 N–H and O–H groups in total. The molecule has 0 saturated heterocycles. The second kappa shape index (κ2) is 13.8. The first kappa shape index (κ1) is 30.1. The van der Waals surface area contributed by atoms with E-state index in [-0.39, 0.29) is 78.0 Å². The van der Waals surface area contributed by atoms with Crippen molar-refractivity contribution in [2.75, 3.05) is 42.4 Å². The average Bonchev–Trinajstić information content (AvgIpc) is 3.89. The van der Waals surface area contributed by atoms with E-state index in [0.717, 1.165) is 9.36 Å². The Morgan fingerprint density at radius 2 is 1.08 bits per heavy atom. The largest absolute Gasteiger partial charge is 0.368 e. The molecule has 48 heavy (non-hydrogen) atoms. The molecule has 0 unspecified atom stereocenters. The smallest absolute Gasteiger partial charge is 0.292 e. The van der Waals surface area contributed by atoms with Crippen molar-refractivity contribution in [3.63, 3.8) is 0 Å². The number of nitrogen functional groups attached to an aromatic ring is 2. The molecule has 0 bridgehead atoms. The predicted octanol–water partition coefficient (Wildman–Crippen LogP) is -0.462. The van der Waals surface area contributed by atoms with Gasteiger partial charge in [0, 0.05) is 7.05 Å². The van der Waals surface area contributed by atoms with Gasteiger partial charge in [0.1, 0.15) is 0 Å². The van der Waals surface area contributed by atoms with Crippen LogP contribution >= 0.6 is 0 Å². The van der Waals surface area contributed by atoms with E-state index < -0.39 is 0 Å². The Morgan fingerprint density at radius 1 is 0.604 bits per heavy atom. The molecule has 0 fully saturated rings. The lowest BCUT2D eigenvalue weighted by atomic mass is 10.8. The van der Waals surface area contributed by atoms with Gasteiger partial charge in [-0.2, -0.15) is 49.8 Å². The predicted molar refractivity (Wildman–Crippen MR) is 153 cm³/mol. The molecule has 242 valence electrons. The SMILES string of the molecule is CCN=Nc1nc(Nc2nnc(-n3nc(N=NC/N=N/c4nc(Nc5nnc(-n6nc(N=NC)nc6N)nn5)n[nH]4)nc3N)nn2)n[nH]1. The molecule has 6 rings (SSSR count). The minimum atomic E-state index is -0.216. The molecule has 32 heteroatoms. The van der Waals surface area contributed by atoms with Crippen LogP contribution in [0.15, 0.2) is 40.9 Å². The van der Waals surface area contributed by atoms with Crippen molar-refractivity contribution in [2.45, 2.75) is 6.92 Å². The van der Waals surface area contributed by atoms with Crippen molar-refractivity contribution in [1.82, 2.24) is 101 Å². The summed E-state index contributed by atoms with van der Waals surface area (Å²) < 4.78 is 2.15. The van der Waals surface area contributed by atoms with E-state index in [9.17, 15) is 0 Å². The number of H-pyrrole nitrogens is 2. The van der Waals surface area contributed by atoms with Crippen LogP contribution in [0.4, 0.5) is 59.5 Å². The Kier molecular flexibility index (Phi) is 8.63. The summed E-state index contributed by atoms with van der Waals surface area (Å²) in [6.45, 7) is 2.11. The zero-order valence-corrected chi connectivity index (χ0v) is 24.2. The maximum Gasteiger partial charge on any atom is 0.292 e. The van der Waals surface area contributed by atoms with Crippen molar-refractivity contribution in [3.8, 4) is 11.9 Å². The number of nitrogens with zero attached hydrogens (tertiary/aromatic N) is 26. The van der Waals surface area contributed by atoms with Gasteiger partial charge in [-0.25, -0.2) is 10.2 Å². The standard InChI is InChI=1S/C16H18N32/c1-3-20-30-9-25-7(33-35-9)27-11-39-43-16(44-40-11)48-6(18)24-14(46-48)32-22-4-21-31-10-26-8(34-36-10)28-12-37-41-15(42-38-12)47-5(17)23-13(45-47)29-19-2/h3-4H2,1-2H3,(H2,17,23,45)(H2,18,24,46)(H2,25,27,33,35,39,40)(H2,26,28,34,36,37,38)/b29-19?,30-20?,31-21+,32-22?. The van der Waals surface area contributed by atoms with E-state index in [1.54, 1.807) is 0 Å². The third kappa shape index (κ3) is 7.22. The van der Waals surface area contributed by atoms with Gasteiger partial charge in [-0.05, 0) is 6.92 Å². The first-order valence-corrected chi connectivity index (χ1v) is 12.9. The van der Waals surface area contributed by atoms with Crippen LogP contribution in [-0.2, 0) is 0 Å². The first-order chi connectivity index (χ1) is 23.5. The summed E-state index contributed by atoms with van der Waals surface area (Å²) in [5.74, 6) is 0.0288. The van der Waals surface area contributed by atoms with Crippen LogP contribution < -0.4 is 22.1 Å².